The van der Waals surface area contributed by atoms with E-state index >= 15 is 0 Å². The standard InChI is InChI=1S/C26H27N3O5/c1-3-32-25(31)22-20-18(16-34-26(22)33-4-2)15-28(14-17-10-6-5-7-11-17)23-21(20)24(30)29-13-9-8-12-19(29)27-23/h5-13,18,20H,3-4,14-16H2,1-2H3/t18-,20+/m1/s1. The molecule has 2 atom stereocenters. The van der Waals surface area contributed by atoms with Gasteiger partial charge in [0.15, 0.2) is 0 Å². The molecule has 5 rings (SSSR count). The van der Waals surface area contributed by atoms with Crippen LogP contribution in [0.15, 0.2) is 71.0 Å². The molecule has 0 saturated carbocycles. The highest BCUT2D eigenvalue weighted by Crippen LogP contribution is 2.45. The fraction of sp³-hybridized carbons (Fsp3) is 0.346. The molecule has 0 N–H and O–H groups in total. The molecule has 34 heavy (non-hydrogen) atoms. The Labute approximate surface area is 197 Å². The molecular weight excluding hydrogens is 434 g/mol. The van der Waals surface area contributed by atoms with Crippen LogP contribution >= 0.6 is 0 Å². The summed E-state index contributed by atoms with van der Waals surface area (Å²) in [6.07, 6.45) is 1.70. The van der Waals surface area contributed by atoms with Crippen molar-refractivity contribution in [1.29, 1.82) is 0 Å². The summed E-state index contributed by atoms with van der Waals surface area (Å²) in [7, 11) is 0. The lowest BCUT2D eigenvalue weighted by atomic mass is 9.77. The fourth-order valence-corrected chi connectivity index (χ4v) is 4.84. The first-order chi connectivity index (χ1) is 16.6. The molecule has 2 aromatic heterocycles. The summed E-state index contributed by atoms with van der Waals surface area (Å²) in [6, 6.07) is 15.5. The molecule has 2 aliphatic heterocycles. The third-order valence-electron chi connectivity index (χ3n) is 6.23. The lowest BCUT2D eigenvalue weighted by Crippen LogP contribution is -2.47. The summed E-state index contributed by atoms with van der Waals surface area (Å²) in [5.41, 5.74) is 2.19. The van der Waals surface area contributed by atoms with Crippen molar-refractivity contribution in [3.63, 3.8) is 0 Å². The van der Waals surface area contributed by atoms with Crippen LogP contribution in [0.2, 0.25) is 0 Å². The summed E-state index contributed by atoms with van der Waals surface area (Å²) < 4.78 is 18.5. The minimum atomic E-state index is -0.534. The number of nitrogens with zero attached hydrogens (tertiary/aromatic N) is 3. The molecular formula is C26H27N3O5. The Bertz CT molecular complexity index is 1300. The number of pyridine rings is 1. The molecule has 0 bridgehead atoms. The third kappa shape index (κ3) is 3.79. The van der Waals surface area contributed by atoms with Gasteiger partial charge in [-0.2, -0.15) is 0 Å². The van der Waals surface area contributed by atoms with Gasteiger partial charge in [-0.25, -0.2) is 9.78 Å². The first kappa shape index (κ1) is 22.0. The molecule has 8 heteroatoms. The zero-order chi connectivity index (χ0) is 23.7. The molecule has 0 radical (unpaired) electrons. The topological polar surface area (TPSA) is 82.4 Å². The van der Waals surface area contributed by atoms with Crippen LogP contribution in [0.25, 0.3) is 5.65 Å². The number of carbonyl (C=O) groups is 1. The number of rotatable bonds is 6. The van der Waals surface area contributed by atoms with E-state index < -0.39 is 11.9 Å². The van der Waals surface area contributed by atoms with E-state index in [9.17, 15) is 9.59 Å². The molecule has 0 fully saturated rings. The minimum Gasteiger partial charge on any atom is -0.465 e. The van der Waals surface area contributed by atoms with Gasteiger partial charge in [0.05, 0.1) is 25.4 Å². The molecule has 4 heterocycles. The molecule has 1 aromatic carbocycles. The first-order valence-corrected chi connectivity index (χ1v) is 11.6. The van der Waals surface area contributed by atoms with Crippen molar-refractivity contribution in [2.24, 2.45) is 5.92 Å². The van der Waals surface area contributed by atoms with Gasteiger partial charge in [-0.1, -0.05) is 36.4 Å². The van der Waals surface area contributed by atoms with E-state index in [-0.39, 0.29) is 29.6 Å². The Kier molecular flexibility index (Phi) is 5.96. The van der Waals surface area contributed by atoms with Crippen LogP contribution in [-0.4, -0.2) is 41.7 Å². The third-order valence-corrected chi connectivity index (χ3v) is 6.23. The van der Waals surface area contributed by atoms with Crippen LogP contribution in [0, 0.1) is 5.92 Å². The predicted octanol–water partition coefficient (Wildman–Crippen LogP) is 3.26. The van der Waals surface area contributed by atoms with Crippen molar-refractivity contribution in [1.82, 2.24) is 9.38 Å². The average Bonchev–Trinajstić information content (AvgIpc) is 2.85. The lowest BCUT2D eigenvalue weighted by Gasteiger charge is -2.42. The highest BCUT2D eigenvalue weighted by atomic mass is 16.7. The second-order valence-corrected chi connectivity index (χ2v) is 8.35. The van der Waals surface area contributed by atoms with Crippen LogP contribution in [0.1, 0.15) is 30.9 Å². The Morgan fingerprint density at radius 2 is 1.91 bits per heavy atom. The van der Waals surface area contributed by atoms with Crippen LogP contribution in [0.3, 0.4) is 0 Å². The number of carbonyl (C=O) groups excluding carboxylic acids is 1. The summed E-state index contributed by atoms with van der Waals surface area (Å²) in [5.74, 6) is -0.478. The van der Waals surface area contributed by atoms with Crippen LogP contribution in [0.5, 0.6) is 0 Å². The van der Waals surface area contributed by atoms with Crippen LogP contribution in [0.4, 0.5) is 5.82 Å². The quantitative estimate of drug-likeness (QED) is 0.521. The Hall–Kier alpha value is -3.81. The van der Waals surface area contributed by atoms with E-state index in [1.54, 1.807) is 19.2 Å². The summed E-state index contributed by atoms with van der Waals surface area (Å²) in [5, 5.41) is 0. The van der Waals surface area contributed by atoms with Crippen molar-refractivity contribution >= 4 is 17.4 Å². The smallest absolute Gasteiger partial charge is 0.341 e. The molecule has 0 saturated heterocycles. The zero-order valence-corrected chi connectivity index (χ0v) is 19.3. The van der Waals surface area contributed by atoms with Crippen molar-refractivity contribution < 1.29 is 19.0 Å². The number of ether oxygens (including phenoxy) is 3. The highest BCUT2D eigenvalue weighted by Gasteiger charge is 2.47. The van der Waals surface area contributed by atoms with Crippen molar-refractivity contribution in [2.45, 2.75) is 26.3 Å². The van der Waals surface area contributed by atoms with Crippen molar-refractivity contribution in [3.8, 4) is 0 Å². The largest absolute Gasteiger partial charge is 0.465 e. The van der Waals surface area contributed by atoms with Gasteiger partial charge in [-0.3, -0.25) is 9.20 Å². The second kappa shape index (κ2) is 9.21. The maximum Gasteiger partial charge on any atom is 0.341 e. The number of hydrogen-bond acceptors (Lipinski definition) is 7. The van der Waals surface area contributed by atoms with Crippen LogP contribution < -0.4 is 10.5 Å². The monoisotopic (exact) mass is 461 g/mol. The first-order valence-electron chi connectivity index (χ1n) is 11.6. The Morgan fingerprint density at radius 1 is 1.12 bits per heavy atom. The van der Waals surface area contributed by atoms with E-state index in [0.717, 1.165) is 5.56 Å². The lowest BCUT2D eigenvalue weighted by molar-refractivity contribution is -0.141. The molecule has 176 valence electrons. The van der Waals surface area contributed by atoms with Crippen LogP contribution in [-0.2, 0) is 25.5 Å². The average molecular weight is 462 g/mol. The number of fused-ring (bicyclic) bond motifs is 4. The molecule has 0 aliphatic carbocycles. The number of esters is 1. The Morgan fingerprint density at radius 3 is 2.68 bits per heavy atom. The normalized spacial score (nSPS) is 19.3. The van der Waals surface area contributed by atoms with E-state index in [1.165, 1.54) is 4.40 Å². The predicted molar refractivity (Wildman–Crippen MR) is 126 cm³/mol. The number of anilines is 1. The van der Waals surface area contributed by atoms with Crippen molar-refractivity contribution in [2.75, 3.05) is 31.3 Å². The van der Waals surface area contributed by atoms with Crippen molar-refractivity contribution in [3.05, 3.63) is 87.7 Å². The summed E-state index contributed by atoms with van der Waals surface area (Å²) >= 11 is 0. The second-order valence-electron chi connectivity index (χ2n) is 8.35. The van der Waals surface area contributed by atoms with E-state index in [1.807, 2.05) is 49.4 Å². The van der Waals surface area contributed by atoms with E-state index in [4.69, 9.17) is 19.2 Å². The van der Waals surface area contributed by atoms with Gasteiger partial charge in [-0.05, 0) is 31.5 Å². The molecule has 2 aliphatic rings. The summed E-state index contributed by atoms with van der Waals surface area (Å²) in [6.45, 7) is 5.60. The SMILES string of the molecule is CCOC(=O)C1=C(OCC)OC[C@H]2CN(Cc3ccccc3)c3nc4ccccn4c(=O)c3[C@@H]12. The van der Waals surface area contributed by atoms with E-state index in [2.05, 4.69) is 4.90 Å². The minimum absolute atomic E-state index is 0.141. The molecule has 8 nitrogen and oxygen atoms in total. The Balaban J connectivity index is 1.72. The maximum atomic E-state index is 13.9. The van der Waals surface area contributed by atoms with Gasteiger partial charge in [0, 0.05) is 31.1 Å². The van der Waals surface area contributed by atoms with E-state index in [0.29, 0.717) is 43.3 Å². The number of benzene rings is 1. The van der Waals surface area contributed by atoms with Gasteiger partial charge in [0.25, 0.3) is 11.5 Å². The zero-order valence-electron chi connectivity index (χ0n) is 19.3. The molecule has 0 amide bonds. The van der Waals surface area contributed by atoms with Gasteiger partial charge in [0.2, 0.25) is 0 Å². The van der Waals surface area contributed by atoms with Gasteiger partial charge < -0.3 is 19.1 Å². The van der Waals surface area contributed by atoms with Gasteiger partial charge >= 0.3 is 5.97 Å². The maximum absolute atomic E-state index is 13.9. The molecule has 0 unspecified atom stereocenters. The fourth-order valence-electron chi connectivity index (χ4n) is 4.84. The summed E-state index contributed by atoms with van der Waals surface area (Å²) in [4.78, 5) is 34.0. The number of aromatic nitrogens is 2. The van der Waals surface area contributed by atoms with Gasteiger partial charge in [0.1, 0.15) is 17.0 Å². The number of hydrogen-bond donors (Lipinski definition) is 0. The highest BCUT2D eigenvalue weighted by molar-refractivity contribution is 5.91. The molecule has 0 spiro atoms. The molecule has 3 aromatic rings. The van der Waals surface area contributed by atoms with Gasteiger partial charge in [-0.15, -0.1) is 0 Å².